The molecule has 114 valence electrons. The van der Waals surface area contributed by atoms with Crippen LogP contribution in [0.4, 0.5) is 5.95 Å². The standard InChI is InChI=1S/C13H15N7O2/c1-3-8-10(12(21)15-13-16-18-19-17-13)20-7-5-6-9(22-4-2)11(20)14-8/h5-7H,3-4H2,1-2H3,(H2,15,16,17,18,19,21). The Labute approximate surface area is 125 Å². The van der Waals surface area contributed by atoms with Crippen LogP contribution in [0, 0.1) is 0 Å². The summed E-state index contributed by atoms with van der Waals surface area (Å²) in [4.78, 5) is 17.0. The molecule has 0 aromatic carbocycles. The lowest BCUT2D eigenvalue weighted by Crippen LogP contribution is -2.17. The molecule has 3 rings (SSSR count). The van der Waals surface area contributed by atoms with Crippen LogP contribution in [0.25, 0.3) is 5.65 Å². The number of carbonyl (C=O) groups excluding carboxylic acids is 1. The Morgan fingerprint density at radius 1 is 1.45 bits per heavy atom. The molecule has 3 aromatic rings. The number of pyridine rings is 1. The summed E-state index contributed by atoms with van der Waals surface area (Å²) in [5.74, 6) is 0.403. The first kappa shape index (κ1) is 14.0. The predicted octanol–water partition coefficient (Wildman–Crippen LogP) is 1.06. The molecule has 0 saturated heterocycles. The summed E-state index contributed by atoms with van der Waals surface area (Å²) in [6.07, 6.45) is 2.39. The van der Waals surface area contributed by atoms with Gasteiger partial charge in [0.05, 0.1) is 12.3 Å². The summed E-state index contributed by atoms with van der Waals surface area (Å²) >= 11 is 0. The van der Waals surface area contributed by atoms with Crippen molar-refractivity contribution in [2.45, 2.75) is 20.3 Å². The Kier molecular flexibility index (Phi) is 3.69. The van der Waals surface area contributed by atoms with Crippen LogP contribution >= 0.6 is 0 Å². The SMILES string of the molecule is CCOc1cccn2c(C(=O)Nc3nn[nH]n3)c(CC)nc12. The Morgan fingerprint density at radius 3 is 3.00 bits per heavy atom. The third-order valence-corrected chi connectivity index (χ3v) is 3.11. The molecule has 0 saturated carbocycles. The fraction of sp³-hybridized carbons (Fsp3) is 0.308. The number of tetrazole rings is 1. The molecule has 0 fully saturated rings. The molecule has 9 heteroatoms. The molecular formula is C13H15N7O2. The van der Waals surface area contributed by atoms with E-state index in [1.807, 2.05) is 26.0 Å². The zero-order chi connectivity index (χ0) is 15.5. The largest absolute Gasteiger partial charge is 0.490 e. The van der Waals surface area contributed by atoms with Gasteiger partial charge in [-0.1, -0.05) is 12.0 Å². The number of carbonyl (C=O) groups is 1. The quantitative estimate of drug-likeness (QED) is 0.729. The van der Waals surface area contributed by atoms with Gasteiger partial charge in [0.25, 0.3) is 11.9 Å². The maximum absolute atomic E-state index is 12.5. The van der Waals surface area contributed by atoms with Gasteiger partial charge in [-0.05, 0) is 30.7 Å². The van der Waals surface area contributed by atoms with Crippen molar-refractivity contribution in [2.75, 3.05) is 11.9 Å². The highest BCUT2D eigenvalue weighted by atomic mass is 16.5. The van der Waals surface area contributed by atoms with Gasteiger partial charge in [0.2, 0.25) is 0 Å². The van der Waals surface area contributed by atoms with E-state index in [1.165, 1.54) is 0 Å². The van der Waals surface area contributed by atoms with E-state index < -0.39 is 0 Å². The maximum atomic E-state index is 12.5. The van der Waals surface area contributed by atoms with Crippen LogP contribution in [0.1, 0.15) is 30.0 Å². The van der Waals surface area contributed by atoms with Gasteiger partial charge in [0, 0.05) is 6.20 Å². The summed E-state index contributed by atoms with van der Waals surface area (Å²) < 4.78 is 7.27. The second-order valence-corrected chi connectivity index (χ2v) is 4.45. The lowest BCUT2D eigenvalue weighted by molar-refractivity contribution is 0.101. The molecule has 0 aliphatic carbocycles. The van der Waals surface area contributed by atoms with Crippen molar-refractivity contribution < 1.29 is 9.53 Å². The van der Waals surface area contributed by atoms with Gasteiger partial charge in [-0.3, -0.25) is 14.5 Å². The van der Waals surface area contributed by atoms with E-state index in [0.29, 0.717) is 35.8 Å². The predicted molar refractivity (Wildman–Crippen MR) is 77.9 cm³/mol. The molecule has 1 amide bonds. The number of fused-ring (bicyclic) bond motifs is 1. The molecular weight excluding hydrogens is 286 g/mol. The number of H-pyrrole nitrogens is 1. The van der Waals surface area contributed by atoms with Crippen molar-refractivity contribution in [3.63, 3.8) is 0 Å². The Hall–Kier alpha value is -2.97. The lowest BCUT2D eigenvalue weighted by atomic mass is 10.2. The van der Waals surface area contributed by atoms with E-state index in [0.717, 1.165) is 0 Å². The highest BCUT2D eigenvalue weighted by Gasteiger charge is 2.21. The highest BCUT2D eigenvalue weighted by molar-refractivity contribution is 6.03. The molecule has 0 bridgehead atoms. The van der Waals surface area contributed by atoms with Crippen molar-refractivity contribution in [3.05, 3.63) is 29.7 Å². The van der Waals surface area contributed by atoms with E-state index in [-0.39, 0.29) is 11.9 Å². The van der Waals surface area contributed by atoms with Crippen LogP contribution in [-0.4, -0.2) is 42.5 Å². The van der Waals surface area contributed by atoms with Gasteiger partial charge >= 0.3 is 0 Å². The first-order valence-electron chi connectivity index (χ1n) is 6.92. The molecule has 2 N–H and O–H groups in total. The number of ether oxygens (including phenoxy) is 1. The highest BCUT2D eigenvalue weighted by Crippen LogP contribution is 2.23. The molecule has 0 radical (unpaired) electrons. The summed E-state index contributed by atoms with van der Waals surface area (Å²) in [5.41, 5.74) is 1.72. The number of aryl methyl sites for hydroxylation is 1. The molecule has 0 unspecified atom stereocenters. The van der Waals surface area contributed by atoms with E-state index in [1.54, 1.807) is 10.6 Å². The molecule has 0 spiro atoms. The minimum absolute atomic E-state index is 0.114. The minimum Gasteiger partial charge on any atom is -0.490 e. The zero-order valence-electron chi connectivity index (χ0n) is 12.2. The first-order valence-corrected chi connectivity index (χ1v) is 6.92. The lowest BCUT2D eigenvalue weighted by Gasteiger charge is -2.06. The molecule has 0 aliphatic heterocycles. The van der Waals surface area contributed by atoms with Crippen molar-refractivity contribution in [1.82, 2.24) is 30.0 Å². The van der Waals surface area contributed by atoms with Gasteiger partial charge in [-0.2, -0.15) is 5.21 Å². The molecule has 3 aromatic heterocycles. The number of amides is 1. The van der Waals surface area contributed by atoms with Crippen molar-refractivity contribution in [1.29, 1.82) is 0 Å². The van der Waals surface area contributed by atoms with E-state index in [9.17, 15) is 4.79 Å². The second kappa shape index (κ2) is 5.80. The zero-order valence-corrected chi connectivity index (χ0v) is 12.2. The number of anilines is 1. The van der Waals surface area contributed by atoms with Gasteiger partial charge in [-0.15, -0.1) is 5.10 Å². The van der Waals surface area contributed by atoms with Gasteiger partial charge in [0.1, 0.15) is 5.69 Å². The van der Waals surface area contributed by atoms with Crippen LogP contribution in [0.2, 0.25) is 0 Å². The molecule has 3 heterocycles. The molecule has 22 heavy (non-hydrogen) atoms. The third-order valence-electron chi connectivity index (χ3n) is 3.11. The van der Waals surface area contributed by atoms with Gasteiger partial charge in [-0.25, -0.2) is 4.98 Å². The average Bonchev–Trinajstić information content (AvgIpc) is 3.14. The molecule has 0 atom stereocenters. The van der Waals surface area contributed by atoms with Crippen LogP contribution < -0.4 is 10.1 Å². The van der Waals surface area contributed by atoms with Crippen molar-refractivity contribution in [2.24, 2.45) is 0 Å². The normalized spacial score (nSPS) is 10.8. The number of aromatic nitrogens is 6. The topological polar surface area (TPSA) is 110 Å². The number of hydrogen-bond donors (Lipinski definition) is 2. The van der Waals surface area contributed by atoms with Crippen LogP contribution in [0.3, 0.4) is 0 Å². The number of nitrogens with zero attached hydrogens (tertiary/aromatic N) is 5. The monoisotopic (exact) mass is 301 g/mol. The molecule has 9 nitrogen and oxygen atoms in total. The summed E-state index contributed by atoms with van der Waals surface area (Å²) in [7, 11) is 0. The number of hydrogen-bond acceptors (Lipinski definition) is 6. The fourth-order valence-electron chi connectivity index (χ4n) is 2.22. The fourth-order valence-corrected chi connectivity index (χ4v) is 2.22. The number of imidazole rings is 1. The van der Waals surface area contributed by atoms with Gasteiger partial charge < -0.3 is 4.74 Å². The van der Waals surface area contributed by atoms with Crippen LogP contribution in [-0.2, 0) is 6.42 Å². The summed E-state index contributed by atoms with van der Waals surface area (Å²) in [5, 5.41) is 15.7. The maximum Gasteiger partial charge on any atom is 0.277 e. The average molecular weight is 301 g/mol. The smallest absolute Gasteiger partial charge is 0.277 e. The van der Waals surface area contributed by atoms with E-state index in [2.05, 4.69) is 30.9 Å². The van der Waals surface area contributed by atoms with Crippen LogP contribution in [0.15, 0.2) is 18.3 Å². The van der Waals surface area contributed by atoms with E-state index in [4.69, 9.17) is 4.74 Å². The van der Waals surface area contributed by atoms with Crippen molar-refractivity contribution in [3.8, 4) is 5.75 Å². The van der Waals surface area contributed by atoms with Gasteiger partial charge in [0.15, 0.2) is 11.4 Å². The number of rotatable bonds is 5. The summed E-state index contributed by atoms with van der Waals surface area (Å²) in [6.45, 7) is 4.36. The van der Waals surface area contributed by atoms with Crippen molar-refractivity contribution >= 4 is 17.5 Å². The first-order chi connectivity index (χ1) is 10.7. The summed E-state index contributed by atoms with van der Waals surface area (Å²) in [6, 6.07) is 3.64. The minimum atomic E-state index is -0.348. The Balaban J connectivity index is 2.07. The Morgan fingerprint density at radius 2 is 2.32 bits per heavy atom. The van der Waals surface area contributed by atoms with Crippen LogP contribution in [0.5, 0.6) is 5.75 Å². The second-order valence-electron chi connectivity index (χ2n) is 4.45. The molecule has 0 aliphatic rings. The number of aromatic amines is 1. The van der Waals surface area contributed by atoms with E-state index >= 15 is 0 Å². The Bertz CT molecular complexity index is 794. The third kappa shape index (κ3) is 2.36. The number of nitrogens with one attached hydrogen (secondary N) is 2.